The van der Waals surface area contributed by atoms with Gasteiger partial charge in [0.05, 0.1) is 5.52 Å². The molecule has 0 saturated heterocycles. The SMILES string of the molecule is Cl.Fc1ccc2c(Nc3ccc(Oc4ccccc4)cc3)ncnc2c1. The molecule has 26 heavy (non-hydrogen) atoms. The van der Waals surface area contributed by atoms with Gasteiger partial charge in [0.1, 0.15) is 29.5 Å². The first-order chi connectivity index (χ1) is 12.3. The number of benzene rings is 3. The van der Waals surface area contributed by atoms with Gasteiger partial charge in [0.25, 0.3) is 0 Å². The van der Waals surface area contributed by atoms with Gasteiger partial charge in [-0.15, -0.1) is 12.4 Å². The van der Waals surface area contributed by atoms with Gasteiger partial charge in [-0.1, -0.05) is 18.2 Å². The van der Waals surface area contributed by atoms with Crippen LogP contribution in [0.5, 0.6) is 11.5 Å². The zero-order chi connectivity index (χ0) is 17.1. The Hall–Kier alpha value is -3.18. The van der Waals surface area contributed by atoms with Crippen LogP contribution in [0.3, 0.4) is 0 Å². The molecular formula is C20H15ClFN3O. The van der Waals surface area contributed by atoms with E-state index in [0.717, 1.165) is 22.6 Å². The maximum Gasteiger partial charge on any atom is 0.141 e. The van der Waals surface area contributed by atoms with Crippen LogP contribution in [0.2, 0.25) is 0 Å². The average molecular weight is 368 g/mol. The van der Waals surface area contributed by atoms with Gasteiger partial charge >= 0.3 is 0 Å². The second-order valence-corrected chi connectivity index (χ2v) is 5.45. The molecule has 0 aliphatic carbocycles. The minimum atomic E-state index is -0.320. The fraction of sp³-hybridized carbons (Fsp3) is 0. The number of para-hydroxylation sites is 1. The second-order valence-electron chi connectivity index (χ2n) is 5.45. The first-order valence-corrected chi connectivity index (χ1v) is 7.78. The number of halogens is 2. The molecule has 130 valence electrons. The maximum absolute atomic E-state index is 13.3. The summed E-state index contributed by atoms with van der Waals surface area (Å²) in [6, 6.07) is 21.6. The molecule has 0 spiro atoms. The Morgan fingerprint density at radius 1 is 0.808 bits per heavy atom. The smallest absolute Gasteiger partial charge is 0.141 e. The number of hydrogen-bond acceptors (Lipinski definition) is 4. The van der Waals surface area contributed by atoms with Crippen molar-refractivity contribution in [2.45, 2.75) is 0 Å². The molecule has 0 amide bonds. The third-order valence-corrected chi connectivity index (χ3v) is 3.69. The minimum absolute atomic E-state index is 0. The van der Waals surface area contributed by atoms with Crippen LogP contribution in [0, 0.1) is 5.82 Å². The number of anilines is 2. The van der Waals surface area contributed by atoms with Gasteiger partial charge in [-0.2, -0.15) is 0 Å². The van der Waals surface area contributed by atoms with Gasteiger partial charge in [0.15, 0.2) is 0 Å². The van der Waals surface area contributed by atoms with Gasteiger partial charge in [-0.05, 0) is 48.5 Å². The maximum atomic E-state index is 13.3. The summed E-state index contributed by atoms with van der Waals surface area (Å²) in [5.74, 6) is 1.83. The zero-order valence-electron chi connectivity index (χ0n) is 13.6. The highest BCUT2D eigenvalue weighted by atomic mass is 35.5. The summed E-state index contributed by atoms with van der Waals surface area (Å²) in [5.41, 5.74) is 1.41. The number of rotatable bonds is 4. The van der Waals surface area contributed by atoms with Crippen LogP contribution in [0.1, 0.15) is 0 Å². The van der Waals surface area contributed by atoms with E-state index in [1.54, 1.807) is 6.07 Å². The summed E-state index contributed by atoms with van der Waals surface area (Å²) >= 11 is 0. The highest BCUT2D eigenvalue weighted by Crippen LogP contribution is 2.26. The van der Waals surface area contributed by atoms with Crippen molar-refractivity contribution in [3.8, 4) is 11.5 Å². The van der Waals surface area contributed by atoms with Crippen molar-refractivity contribution in [1.29, 1.82) is 0 Å². The predicted molar refractivity (Wildman–Crippen MR) is 103 cm³/mol. The van der Waals surface area contributed by atoms with Gasteiger partial charge in [-0.3, -0.25) is 0 Å². The molecule has 1 N–H and O–H groups in total. The fourth-order valence-corrected chi connectivity index (χ4v) is 2.50. The van der Waals surface area contributed by atoms with Gasteiger partial charge in [0, 0.05) is 17.1 Å². The molecule has 6 heteroatoms. The normalized spacial score (nSPS) is 10.2. The van der Waals surface area contributed by atoms with Gasteiger partial charge in [-0.25, -0.2) is 14.4 Å². The van der Waals surface area contributed by atoms with E-state index >= 15 is 0 Å². The lowest BCUT2D eigenvalue weighted by atomic mass is 10.2. The van der Waals surface area contributed by atoms with Crippen LogP contribution >= 0.6 is 12.4 Å². The molecule has 0 fully saturated rings. The lowest BCUT2D eigenvalue weighted by Crippen LogP contribution is -1.96. The molecule has 4 aromatic rings. The Bertz CT molecular complexity index is 1010. The van der Waals surface area contributed by atoms with Crippen LogP contribution in [-0.4, -0.2) is 9.97 Å². The molecule has 0 aliphatic rings. The first-order valence-electron chi connectivity index (χ1n) is 7.78. The third-order valence-electron chi connectivity index (χ3n) is 3.69. The lowest BCUT2D eigenvalue weighted by Gasteiger charge is -2.10. The molecule has 0 aliphatic heterocycles. The number of aromatic nitrogens is 2. The summed E-state index contributed by atoms with van der Waals surface area (Å²) in [7, 11) is 0. The minimum Gasteiger partial charge on any atom is -0.457 e. The molecule has 1 heterocycles. The molecule has 0 atom stereocenters. The molecule has 4 nitrogen and oxygen atoms in total. The summed E-state index contributed by atoms with van der Waals surface area (Å²) in [6.45, 7) is 0. The van der Waals surface area contributed by atoms with E-state index in [2.05, 4.69) is 15.3 Å². The van der Waals surface area contributed by atoms with Crippen molar-refractivity contribution in [2.75, 3.05) is 5.32 Å². The van der Waals surface area contributed by atoms with Crippen molar-refractivity contribution in [3.05, 3.63) is 84.9 Å². The number of hydrogen-bond donors (Lipinski definition) is 1. The van der Waals surface area contributed by atoms with Crippen LogP contribution in [0.15, 0.2) is 79.1 Å². The lowest BCUT2D eigenvalue weighted by molar-refractivity contribution is 0.483. The molecular weight excluding hydrogens is 353 g/mol. The van der Waals surface area contributed by atoms with E-state index < -0.39 is 0 Å². The zero-order valence-corrected chi connectivity index (χ0v) is 14.4. The van der Waals surface area contributed by atoms with Gasteiger partial charge < -0.3 is 10.1 Å². The number of nitrogens with zero attached hydrogens (tertiary/aromatic N) is 2. The van der Waals surface area contributed by atoms with E-state index in [4.69, 9.17) is 4.74 Å². The average Bonchev–Trinajstić information content (AvgIpc) is 2.64. The van der Waals surface area contributed by atoms with E-state index in [9.17, 15) is 4.39 Å². The van der Waals surface area contributed by atoms with Crippen molar-refractivity contribution < 1.29 is 9.13 Å². The highest BCUT2D eigenvalue weighted by molar-refractivity contribution is 5.90. The standard InChI is InChI=1S/C20H14FN3O.ClH/c21-14-6-11-18-19(12-14)22-13-23-20(18)24-15-7-9-17(10-8-15)25-16-4-2-1-3-5-16;/h1-13H,(H,22,23,24);1H. The van der Waals surface area contributed by atoms with Crippen LogP contribution in [-0.2, 0) is 0 Å². The van der Waals surface area contributed by atoms with Crippen LogP contribution < -0.4 is 10.1 Å². The van der Waals surface area contributed by atoms with Crippen LogP contribution in [0.25, 0.3) is 10.9 Å². The highest BCUT2D eigenvalue weighted by Gasteiger charge is 2.05. The van der Waals surface area contributed by atoms with E-state index in [0.29, 0.717) is 11.3 Å². The molecule has 0 radical (unpaired) electrons. The third kappa shape index (κ3) is 3.90. The number of ether oxygens (including phenoxy) is 1. The molecule has 3 aromatic carbocycles. The number of nitrogens with one attached hydrogen (secondary N) is 1. The predicted octanol–water partition coefficient (Wildman–Crippen LogP) is 5.73. The fourth-order valence-electron chi connectivity index (χ4n) is 2.50. The Kier molecular flexibility index (Phi) is 5.29. The monoisotopic (exact) mass is 367 g/mol. The summed E-state index contributed by atoms with van der Waals surface area (Å²) in [6.07, 6.45) is 1.41. The Morgan fingerprint density at radius 2 is 1.54 bits per heavy atom. The Labute approximate surface area is 156 Å². The van der Waals surface area contributed by atoms with Crippen LogP contribution in [0.4, 0.5) is 15.9 Å². The largest absolute Gasteiger partial charge is 0.457 e. The summed E-state index contributed by atoms with van der Waals surface area (Å²) in [5, 5.41) is 3.99. The topological polar surface area (TPSA) is 47.0 Å². The van der Waals surface area contributed by atoms with E-state index in [1.165, 1.54) is 18.5 Å². The van der Waals surface area contributed by atoms with Crippen molar-refractivity contribution >= 4 is 34.8 Å². The van der Waals surface area contributed by atoms with Gasteiger partial charge in [0.2, 0.25) is 0 Å². The second kappa shape index (κ2) is 7.80. The Morgan fingerprint density at radius 3 is 2.31 bits per heavy atom. The molecule has 0 unspecified atom stereocenters. The Balaban J connectivity index is 0.00000196. The van der Waals surface area contributed by atoms with Crippen molar-refractivity contribution in [3.63, 3.8) is 0 Å². The van der Waals surface area contributed by atoms with E-state index in [1.807, 2.05) is 54.6 Å². The number of fused-ring (bicyclic) bond motifs is 1. The molecule has 4 rings (SSSR count). The molecule has 0 bridgehead atoms. The first kappa shape index (κ1) is 17.6. The van der Waals surface area contributed by atoms with E-state index in [-0.39, 0.29) is 18.2 Å². The summed E-state index contributed by atoms with van der Waals surface area (Å²) in [4.78, 5) is 8.34. The van der Waals surface area contributed by atoms with Crippen molar-refractivity contribution in [2.24, 2.45) is 0 Å². The molecule has 1 aromatic heterocycles. The summed E-state index contributed by atoms with van der Waals surface area (Å²) < 4.78 is 19.1. The quantitative estimate of drug-likeness (QED) is 0.500. The molecule has 0 saturated carbocycles. The van der Waals surface area contributed by atoms with Crippen molar-refractivity contribution in [1.82, 2.24) is 9.97 Å².